The molecule has 6 nitrogen and oxygen atoms in total. The van der Waals surface area contributed by atoms with Crippen LogP contribution in [0, 0.1) is 0 Å². The van der Waals surface area contributed by atoms with Crippen LogP contribution in [0.25, 0.3) is 0 Å². The minimum absolute atomic E-state index is 0.0679. The number of benzene rings is 1. The fourth-order valence-corrected chi connectivity index (χ4v) is 2.22. The molecule has 0 atom stereocenters. The van der Waals surface area contributed by atoms with Crippen molar-refractivity contribution in [2.24, 2.45) is 0 Å². The first-order valence-corrected chi connectivity index (χ1v) is 5.84. The van der Waals surface area contributed by atoms with Crippen molar-refractivity contribution in [3.63, 3.8) is 0 Å². The largest absolute Gasteiger partial charge is 0.478 e. The normalized spacial score (nSPS) is 11.7. The third-order valence-corrected chi connectivity index (χ3v) is 3.17. The maximum Gasteiger partial charge on any atom is 0.335 e. The Hall–Kier alpha value is -1.44. The van der Waals surface area contributed by atoms with Crippen LogP contribution < -0.4 is 4.83 Å². The van der Waals surface area contributed by atoms with Crippen LogP contribution in [-0.2, 0) is 10.0 Å². The zero-order chi connectivity index (χ0) is 12.3. The van der Waals surface area contributed by atoms with E-state index in [1.807, 2.05) is 0 Å². The first kappa shape index (κ1) is 12.6. The predicted octanol–water partition coefficient (Wildman–Crippen LogP) is 0.140. The molecule has 1 aromatic rings. The van der Waals surface area contributed by atoms with Gasteiger partial charge in [-0.1, -0.05) is 6.07 Å². The molecule has 1 rings (SSSR count). The van der Waals surface area contributed by atoms with Crippen molar-refractivity contribution >= 4 is 16.0 Å². The highest BCUT2D eigenvalue weighted by molar-refractivity contribution is 7.89. The van der Waals surface area contributed by atoms with Crippen molar-refractivity contribution in [2.75, 3.05) is 14.1 Å². The predicted molar refractivity (Wildman–Crippen MR) is 57.4 cm³/mol. The fraction of sp³-hybridized carbons (Fsp3) is 0.222. The summed E-state index contributed by atoms with van der Waals surface area (Å²) in [6.07, 6.45) is 0. The Morgan fingerprint density at radius 2 is 2.00 bits per heavy atom. The van der Waals surface area contributed by atoms with Crippen LogP contribution >= 0.6 is 0 Å². The van der Waals surface area contributed by atoms with Gasteiger partial charge in [0.05, 0.1) is 10.5 Å². The van der Waals surface area contributed by atoms with Crippen LogP contribution in [0.1, 0.15) is 10.4 Å². The standard InChI is InChI=1S/C9H12N2O4S/c1-11(2)10-16(14,15)8-5-3-4-7(6-8)9(12)13/h3-6,10H,1-2H3,(H,12,13). The highest BCUT2D eigenvalue weighted by atomic mass is 32.2. The SMILES string of the molecule is CN(C)NS(=O)(=O)c1cccc(C(=O)O)c1. The Bertz CT molecular complexity index is 496. The molecule has 0 aromatic heterocycles. The molecule has 0 aliphatic carbocycles. The molecule has 16 heavy (non-hydrogen) atoms. The Kier molecular flexibility index (Phi) is 3.63. The lowest BCUT2D eigenvalue weighted by Gasteiger charge is -2.12. The van der Waals surface area contributed by atoms with E-state index in [1.54, 1.807) is 0 Å². The number of carboxylic acids is 1. The number of rotatable bonds is 4. The molecule has 0 saturated heterocycles. The molecule has 88 valence electrons. The van der Waals surface area contributed by atoms with Crippen molar-refractivity contribution in [1.29, 1.82) is 0 Å². The van der Waals surface area contributed by atoms with Crippen LogP contribution in [0.4, 0.5) is 0 Å². The molecule has 0 saturated carbocycles. The number of carbonyl (C=O) groups is 1. The summed E-state index contributed by atoms with van der Waals surface area (Å²) in [4.78, 5) is 12.8. The number of aromatic carboxylic acids is 1. The number of sulfonamides is 1. The quantitative estimate of drug-likeness (QED) is 0.736. The first-order chi connectivity index (χ1) is 7.33. The van der Waals surface area contributed by atoms with Crippen molar-refractivity contribution in [3.8, 4) is 0 Å². The van der Waals surface area contributed by atoms with Gasteiger partial charge in [0.2, 0.25) is 0 Å². The monoisotopic (exact) mass is 244 g/mol. The van der Waals surface area contributed by atoms with Crippen molar-refractivity contribution in [1.82, 2.24) is 9.84 Å². The molecule has 0 amide bonds. The van der Waals surface area contributed by atoms with E-state index < -0.39 is 16.0 Å². The van der Waals surface area contributed by atoms with Crippen molar-refractivity contribution in [3.05, 3.63) is 29.8 Å². The van der Waals surface area contributed by atoms with Gasteiger partial charge in [-0.25, -0.2) is 18.2 Å². The minimum atomic E-state index is -3.70. The van der Waals surface area contributed by atoms with E-state index in [1.165, 1.54) is 37.3 Å². The van der Waals surface area contributed by atoms with Gasteiger partial charge in [0, 0.05) is 14.1 Å². The molecular formula is C9H12N2O4S. The molecule has 0 aliphatic rings. The van der Waals surface area contributed by atoms with Gasteiger partial charge in [-0.05, 0) is 18.2 Å². The molecule has 0 bridgehead atoms. The second-order valence-electron chi connectivity index (χ2n) is 3.32. The molecule has 0 spiro atoms. The number of nitrogens with one attached hydrogen (secondary N) is 1. The van der Waals surface area contributed by atoms with Gasteiger partial charge >= 0.3 is 5.97 Å². The van der Waals surface area contributed by atoms with Crippen molar-refractivity contribution < 1.29 is 18.3 Å². The summed E-state index contributed by atoms with van der Waals surface area (Å²) in [5, 5.41) is 10.00. The summed E-state index contributed by atoms with van der Waals surface area (Å²) >= 11 is 0. The molecule has 0 aliphatic heterocycles. The zero-order valence-electron chi connectivity index (χ0n) is 8.84. The molecule has 0 unspecified atom stereocenters. The molecule has 0 radical (unpaired) electrons. The maximum absolute atomic E-state index is 11.7. The van der Waals surface area contributed by atoms with Gasteiger partial charge in [0.15, 0.2) is 0 Å². The Morgan fingerprint density at radius 1 is 1.38 bits per heavy atom. The number of hydrogen-bond acceptors (Lipinski definition) is 4. The number of hydrogen-bond donors (Lipinski definition) is 2. The highest BCUT2D eigenvalue weighted by Gasteiger charge is 2.16. The summed E-state index contributed by atoms with van der Waals surface area (Å²) in [5.74, 6) is -1.16. The van der Waals surface area contributed by atoms with Gasteiger partial charge in [-0.3, -0.25) is 0 Å². The molecule has 1 aromatic carbocycles. The van der Waals surface area contributed by atoms with Gasteiger partial charge in [-0.2, -0.15) is 0 Å². The van der Waals surface area contributed by atoms with E-state index in [2.05, 4.69) is 4.83 Å². The second-order valence-corrected chi connectivity index (χ2v) is 4.98. The van der Waals surface area contributed by atoms with E-state index in [0.29, 0.717) is 0 Å². The van der Waals surface area contributed by atoms with Crippen LogP contribution in [0.2, 0.25) is 0 Å². The van der Waals surface area contributed by atoms with E-state index in [4.69, 9.17) is 5.11 Å². The second kappa shape index (κ2) is 4.60. The smallest absolute Gasteiger partial charge is 0.335 e. The fourth-order valence-electron chi connectivity index (χ4n) is 1.09. The van der Waals surface area contributed by atoms with E-state index in [9.17, 15) is 13.2 Å². The number of nitrogens with zero attached hydrogens (tertiary/aromatic N) is 1. The topological polar surface area (TPSA) is 86.7 Å². The molecule has 7 heteroatoms. The molecule has 2 N–H and O–H groups in total. The van der Waals surface area contributed by atoms with Crippen molar-refractivity contribution in [2.45, 2.75) is 4.90 Å². The van der Waals surface area contributed by atoms with E-state index in [0.717, 1.165) is 6.07 Å². The first-order valence-electron chi connectivity index (χ1n) is 4.36. The van der Waals surface area contributed by atoms with Crippen LogP contribution in [-0.4, -0.2) is 38.6 Å². The number of carboxylic acid groups (broad SMARTS) is 1. The van der Waals surface area contributed by atoms with Crippen LogP contribution in [0.3, 0.4) is 0 Å². The van der Waals surface area contributed by atoms with Gasteiger partial charge in [0.25, 0.3) is 10.0 Å². The maximum atomic E-state index is 11.7. The summed E-state index contributed by atoms with van der Waals surface area (Å²) < 4.78 is 23.3. The van der Waals surface area contributed by atoms with Gasteiger partial charge in [-0.15, -0.1) is 4.83 Å². The van der Waals surface area contributed by atoms with E-state index in [-0.39, 0.29) is 10.5 Å². The van der Waals surface area contributed by atoms with Gasteiger partial charge < -0.3 is 5.11 Å². The third kappa shape index (κ3) is 3.02. The minimum Gasteiger partial charge on any atom is -0.478 e. The zero-order valence-corrected chi connectivity index (χ0v) is 9.65. The Labute approximate surface area is 93.5 Å². The summed E-state index contributed by atoms with van der Waals surface area (Å²) in [6.45, 7) is 0. The lowest BCUT2D eigenvalue weighted by Crippen LogP contribution is -2.36. The Balaban J connectivity index is 3.14. The summed E-state index contributed by atoms with van der Waals surface area (Å²) in [5.41, 5.74) is -0.0679. The average molecular weight is 244 g/mol. The third-order valence-electron chi connectivity index (χ3n) is 1.69. The molecular weight excluding hydrogens is 232 g/mol. The molecule has 0 fully saturated rings. The van der Waals surface area contributed by atoms with Crippen LogP contribution in [0.5, 0.6) is 0 Å². The van der Waals surface area contributed by atoms with Crippen LogP contribution in [0.15, 0.2) is 29.2 Å². The highest BCUT2D eigenvalue weighted by Crippen LogP contribution is 2.11. The lowest BCUT2D eigenvalue weighted by molar-refractivity contribution is 0.0696. The molecule has 0 heterocycles. The van der Waals surface area contributed by atoms with E-state index >= 15 is 0 Å². The Morgan fingerprint density at radius 3 is 2.50 bits per heavy atom. The lowest BCUT2D eigenvalue weighted by atomic mass is 10.2. The number of hydrazine groups is 1. The summed E-state index contributed by atoms with van der Waals surface area (Å²) in [7, 11) is -0.650. The average Bonchev–Trinajstić information content (AvgIpc) is 2.16. The van der Waals surface area contributed by atoms with Gasteiger partial charge in [0.1, 0.15) is 0 Å². The summed E-state index contributed by atoms with van der Waals surface area (Å²) in [6, 6.07) is 5.15.